The van der Waals surface area contributed by atoms with E-state index in [1.54, 1.807) is 60.7 Å². The zero-order valence-corrected chi connectivity index (χ0v) is 19.4. The lowest BCUT2D eigenvalue weighted by atomic mass is 10.1. The molecule has 0 aliphatic rings. The molecule has 2 N–H and O–H groups in total. The van der Waals surface area contributed by atoms with Crippen LogP contribution in [0.4, 0.5) is 5.69 Å². The Balaban J connectivity index is 1.65. The highest BCUT2D eigenvalue weighted by atomic mass is 79.9. The molecule has 0 aliphatic carbocycles. The van der Waals surface area contributed by atoms with Crippen molar-refractivity contribution in [1.29, 1.82) is 0 Å². The van der Waals surface area contributed by atoms with Crippen LogP contribution in [0.2, 0.25) is 0 Å². The summed E-state index contributed by atoms with van der Waals surface area (Å²) >= 11 is 3.35. The summed E-state index contributed by atoms with van der Waals surface area (Å²) in [7, 11) is 1.53. The summed E-state index contributed by atoms with van der Waals surface area (Å²) < 4.78 is 11.2. The van der Waals surface area contributed by atoms with E-state index < -0.39 is 17.8 Å². The maximum absolute atomic E-state index is 12.5. The van der Waals surface area contributed by atoms with Gasteiger partial charge in [-0.05, 0) is 61.5 Å². The number of methoxy groups -OCH3 is 1. The summed E-state index contributed by atoms with van der Waals surface area (Å²) in [6.07, 6.45) is 1.28. The predicted molar refractivity (Wildman–Crippen MR) is 128 cm³/mol. The maximum Gasteiger partial charge on any atom is 0.343 e. The topological polar surface area (TPSA) is 106 Å². The molecule has 0 heterocycles. The van der Waals surface area contributed by atoms with Crippen molar-refractivity contribution < 1.29 is 23.9 Å². The Morgan fingerprint density at radius 2 is 1.73 bits per heavy atom. The normalized spacial score (nSPS) is 10.5. The monoisotopic (exact) mass is 509 g/mol. The molecule has 2 amide bonds. The van der Waals surface area contributed by atoms with Crippen molar-refractivity contribution in [1.82, 2.24) is 5.43 Å². The molecular weight excluding hydrogens is 490 g/mol. The van der Waals surface area contributed by atoms with Crippen LogP contribution in [0.25, 0.3) is 0 Å². The standard InChI is InChI=1S/C24H20BrN3O5/c1-15-4-3-5-16(12-15)24(31)33-21-11-6-18(25)13-17(21)14-26-28-23(30)22(29)27-19-7-9-20(32-2)10-8-19/h3-14H,1-2H3,(H,27,29)(H,28,30)/b26-14+. The van der Waals surface area contributed by atoms with Crippen LogP contribution in [-0.4, -0.2) is 31.1 Å². The van der Waals surface area contributed by atoms with E-state index in [1.807, 2.05) is 13.0 Å². The molecule has 0 aromatic heterocycles. The Bertz CT molecular complexity index is 1210. The first kappa shape index (κ1) is 23.7. The maximum atomic E-state index is 12.5. The second-order valence-electron chi connectivity index (χ2n) is 6.82. The highest BCUT2D eigenvalue weighted by molar-refractivity contribution is 9.10. The Morgan fingerprint density at radius 1 is 0.970 bits per heavy atom. The fourth-order valence-electron chi connectivity index (χ4n) is 2.72. The van der Waals surface area contributed by atoms with Crippen LogP contribution in [0.5, 0.6) is 11.5 Å². The number of amides is 2. The zero-order valence-electron chi connectivity index (χ0n) is 17.8. The zero-order chi connectivity index (χ0) is 23.8. The van der Waals surface area contributed by atoms with Gasteiger partial charge >= 0.3 is 17.8 Å². The van der Waals surface area contributed by atoms with Crippen LogP contribution >= 0.6 is 15.9 Å². The number of anilines is 1. The second kappa shape index (κ2) is 11.1. The van der Waals surface area contributed by atoms with Gasteiger partial charge in [0.05, 0.1) is 18.9 Å². The first-order valence-corrected chi connectivity index (χ1v) is 10.5. The van der Waals surface area contributed by atoms with Gasteiger partial charge in [0.15, 0.2) is 0 Å². The quantitative estimate of drug-likeness (QED) is 0.171. The van der Waals surface area contributed by atoms with E-state index in [1.165, 1.54) is 13.3 Å². The lowest BCUT2D eigenvalue weighted by Gasteiger charge is -2.08. The van der Waals surface area contributed by atoms with Crippen LogP contribution in [0.1, 0.15) is 21.5 Å². The van der Waals surface area contributed by atoms with Gasteiger partial charge in [-0.2, -0.15) is 5.10 Å². The smallest absolute Gasteiger partial charge is 0.343 e. The van der Waals surface area contributed by atoms with E-state index in [9.17, 15) is 14.4 Å². The van der Waals surface area contributed by atoms with Crippen LogP contribution in [0, 0.1) is 6.92 Å². The minimum atomic E-state index is -0.963. The summed E-state index contributed by atoms with van der Waals surface area (Å²) in [4.78, 5) is 36.6. The minimum absolute atomic E-state index is 0.241. The van der Waals surface area contributed by atoms with E-state index >= 15 is 0 Å². The predicted octanol–water partition coefficient (Wildman–Crippen LogP) is 4.07. The molecule has 3 rings (SSSR count). The molecule has 0 spiro atoms. The van der Waals surface area contributed by atoms with E-state index in [2.05, 4.69) is 31.8 Å². The van der Waals surface area contributed by atoms with Crippen molar-refractivity contribution >= 4 is 45.6 Å². The van der Waals surface area contributed by atoms with Crippen LogP contribution in [-0.2, 0) is 9.59 Å². The fraction of sp³-hybridized carbons (Fsp3) is 0.0833. The average Bonchev–Trinajstić information content (AvgIpc) is 2.81. The number of esters is 1. The van der Waals surface area contributed by atoms with Gasteiger partial charge in [-0.15, -0.1) is 0 Å². The van der Waals surface area contributed by atoms with Gasteiger partial charge in [0.1, 0.15) is 11.5 Å². The van der Waals surface area contributed by atoms with Gasteiger partial charge in [0.25, 0.3) is 0 Å². The summed E-state index contributed by atoms with van der Waals surface area (Å²) in [5.74, 6) is -1.52. The molecule has 8 nitrogen and oxygen atoms in total. The Labute approximate surface area is 198 Å². The number of halogens is 1. The number of aryl methyl sites for hydroxylation is 1. The van der Waals surface area contributed by atoms with Crippen molar-refractivity contribution in [2.75, 3.05) is 12.4 Å². The average molecular weight is 510 g/mol. The molecule has 3 aromatic rings. The molecular formula is C24H20BrN3O5. The van der Waals surface area contributed by atoms with E-state index in [-0.39, 0.29) is 5.75 Å². The molecule has 0 aliphatic heterocycles. The number of nitrogens with one attached hydrogen (secondary N) is 2. The molecule has 0 atom stereocenters. The van der Waals surface area contributed by atoms with Crippen LogP contribution in [0.15, 0.2) is 76.3 Å². The van der Waals surface area contributed by atoms with Crippen LogP contribution < -0.4 is 20.2 Å². The molecule has 0 unspecified atom stereocenters. The van der Waals surface area contributed by atoms with Crippen molar-refractivity contribution in [3.05, 3.63) is 87.9 Å². The van der Waals surface area contributed by atoms with Crippen molar-refractivity contribution in [2.45, 2.75) is 6.92 Å². The first-order valence-electron chi connectivity index (χ1n) is 9.72. The molecule has 9 heteroatoms. The fourth-order valence-corrected chi connectivity index (χ4v) is 3.10. The molecule has 0 bridgehead atoms. The van der Waals surface area contributed by atoms with E-state index in [0.29, 0.717) is 27.0 Å². The Morgan fingerprint density at radius 3 is 2.42 bits per heavy atom. The second-order valence-corrected chi connectivity index (χ2v) is 7.74. The van der Waals surface area contributed by atoms with Gasteiger partial charge in [0.2, 0.25) is 0 Å². The summed E-state index contributed by atoms with van der Waals surface area (Å²) in [5.41, 5.74) is 4.33. The highest BCUT2D eigenvalue weighted by Crippen LogP contribution is 2.23. The number of benzene rings is 3. The van der Waals surface area contributed by atoms with Crippen LogP contribution in [0.3, 0.4) is 0 Å². The first-order chi connectivity index (χ1) is 15.9. The van der Waals surface area contributed by atoms with Crippen molar-refractivity contribution in [2.24, 2.45) is 5.10 Å². The minimum Gasteiger partial charge on any atom is -0.497 e. The van der Waals surface area contributed by atoms with Gasteiger partial charge in [-0.25, -0.2) is 10.2 Å². The number of hydrogen-bond acceptors (Lipinski definition) is 6. The van der Waals surface area contributed by atoms with Crippen molar-refractivity contribution in [3.8, 4) is 11.5 Å². The van der Waals surface area contributed by atoms with Gasteiger partial charge in [-0.3, -0.25) is 9.59 Å². The lowest BCUT2D eigenvalue weighted by Crippen LogP contribution is -2.32. The molecule has 0 radical (unpaired) electrons. The largest absolute Gasteiger partial charge is 0.497 e. The molecule has 3 aromatic carbocycles. The Hall–Kier alpha value is -3.98. The number of rotatable bonds is 6. The number of ether oxygens (including phenoxy) is 2. The lowest BCUT2D eigenvalue weighted by molar-refractivity contribution is -0.136. The van der Waals surface area contributed by atoms with Gasteiger partial charge in [0, 0.05) is 15.7 Å². The molecule has 33 heavy (non-hydrogen) atoms. The van der Waals surface area contributed by atoms with Gasteiger partial charge < -0.3 is 14.8 Å². The third-order valence-electron chi connectivity index (χ3n) is 4.35. The summed E-state index contributed by atoms with van der Waals surface area (Å²) in [6, 6.07) is 18.5. The Kier molecular flexibility index (Phi) is 7.93. The summed E-state index contributed by atoms with van der Waals surface area (Å²) in [6.45, 7) is 1.88. The van der Waals surface area contributed by atoms with E-state index in [0.717, 1.165) is 5.56 Å². The number of hydrazone groups is 1. The van der Waals surface area contributed by atoms with E-state index in [4.69, 9.17) is 9.47 Å². The third-order valence-corrected chi connectivity index (χ3v) is 4.85. The number of carbonyl (C=O) groups is 3. The molecule has 0 saturated heterocycles. The number of nitrogens with zero attached hydrogens (tertiary/aromatic N) is 1. The number of hydrogen-bond donors (Lipinski definition) is 2. The van der Waals surface area contributed by atoms with Gasteiger partial charge in [-0.1, -0.05) is 33.6 Å². The third kappa shape index (κ3) is 6.75. The number of carbonyl (C=O) groups excluding carboxylic acids is 3. The molecule has 168 valence electrons. The molecule has 0 fully saturated rings. The SMILES string of the molecule is COc1ccc(NC(=O)C(=O)N/N=C/c2cc(Br)ccc2OC(=O)c2cccc(C)c2)cc1. The van der Waals surface area contributed by atoms with Crippen molar-refractivity contribution in [3.63, 3.8) is 0 Å². The summed E-state index contributed by atoms with van der Waals surface area (Å²) in [5, 5.41) is 6.26. The highest BCUT2D eigenvalue weighted by Gasteiger charge is 2.14. The molecule has 0 saturated carbocycles.